The number of nitrogens with zero attached hydrogens (tertiary/aromatic N) is 1. The molecule has 0 atom stereocenters. The van der Waals surface area contributed by atoms with E-state index in [0.29, 0.717) is 12.5 Å². The zero-order valence-corrected chi connectivity index (χ0v) is 12.1. The van der Waals surface area contributed by atoms with Crippen molar-refractivity contribution < 1.29 is 9.78 Å². The van der Waals surface area contributed by atoms with Crippen LogP contribution in [-0.2, 0) is 16.3 Å². The fourth-order valence-electron chi connectivity index (χ4n) is 2.49. The Hall–Kier alpha value is -0.900. The van der Waals surface area contributed by atoms with Gasteiger partial charge in [-0.1, -0.05) is 29.8 Å². The Morgan fingerprint density at radius 2 is 1.79 bits per heavy atom. The van der Waals surface area contributed by atoms with Crippen LogP contribution in [0.1, 0.15) is 30.9 Å². The van der Waals surface area contributed by atoms with E-state index >= 15 is 0 Å². The van der Waals surface area contributed by atoms with E-state index in [4.69, 9.17) is 9.78 Å². The molecule has 0 saturated carbocycles. The third-order valence-electron chi connectivity index (χ3n) is 3.74. The Balaban J connectivity index is 1.69. The van der Waals surface area contributed by atoms with Gasteiger partial charge in [-0.25, -0.2) is 9.78 Å². The third kappa shape index (κ3) is 4.94. The summed E-state index contributed by atoms with van der Waals surface area (Å²) < 4.78 is 0. The zero-order valence-electron chi connectivity index (χ0n) is 12.1. The Kier molecular flexibility index (Phi) is 5.83. The fourth-order valence-corrected chi connectivity index (χ4v) is 2.49. The average Bonchev–Trinajstić information content (AvgIpc) is 2.44. The number of hydrogen-bond donors (Lipinski definition) is 0. The van der Waals surface area contributed by atoms with Gasteiger partial charge < -0.3 is 0 Å². The second kappa shape index (κ2) is 7.63. The quantitative estimate of drug-likeness (QED) is 0.447. The predicted octanol–water partition coefficient (Wildman–Crippen LogP) is 3.18. The second-order valence-corrected chi connectivity index (χ2v) is 5.40. The Morgan fingerprint density at radius 3 is 2.42 bits per heavy atom. The molecule has 1 aromatic carbocycles. The van der Waals surface area contributed by atoms with E-state index in [9.17, 15) is 0 Å². The molecule has 1 fully saturated rings. The number of rotatable bonds is 6. The normalized spacial score (nSPS) is 17.8. The van der Waals surface area contributed by atoms with E-state index in [1.165, 1.54) is 24.0 Å². The van der Waals surface area contributed by atoms with E-state index < -0.39 is 0 Å². The van der Waals surface area contributed by atoms with E-state index in [2.05, 4.69) is 36.1 Å². The van der Waals surface area contributed by atoms with Crippen molar-refractivity contribution >= 4 is 0 Å². The maximum Gasteiger partial charge on any atom is 0.0851 e. The molecule has 19 heavy (non-hydrogen) atoms. The van der Waals surface area contributed by atoms with Crippen molar-refractivity contribution in [3.63, 3.8) is 0 Å². The zero-order chi connectivity index (χ0) is 13.5. The molecule has 1 heterocycles. The summed E-state index contributed by atoms with van der Waals surface area (Å²) in [7, 11) is 0. The molecule has 106 valence electrons. The summed E-state index contributed by atoms with van der Waals surface area (Å²) in [6.07, 6.45) is 2.41. The van der Waals surface area contributed by atoms with Crippen LogP contribution in [0.2, 0.25) is 0 Å². The maximum absolute atomic E-state index is 5.17. The summed E-state index contributed by atoms with van der Waals surface area (Å²) in [6.45, 7) is 8.84. The minimum absolute atomic E-state index is 0.631. The lowest BCUT2D eigenvalue weighted by molar-refractivity contribution is -0.299. The molecule has 1 aliphatic heterocycles. The molecule has 3 heteroatoms. The predicted molar refractivity (Wildman–Crippen MR) is 76.8 cm³/mol. The standard InChI is InChI=1S/C16H25NO2/c1-3-18-19-13-16-8-10-17(11-9-16)12-15-6-4-14(2)5-7-15/h4-7,16H,3,8-13H2,1-2H3. The lowest BCUT2D eigenvalue weighted by atomic mass is 9.97. The average molecular weight is 263 g/mol. The van der Waals surface area contributed by atoms with Crippen LogP contribution in [0, 0.1) is 12.8 Å². The van der Waals surface area contributed by atoms with E-state index in [1.54, 1.807) is 0 Å². The smallest absolute Gasteiger partial charge is 0.0851 e. The third-order valence-corrected chi connectivity index (χ3v) is 3.74. The molecule has 1 saturated heterocycles. The van der Waals surface area contributed by atoms with Gasteiger partial charge in [0.2, 0.25) is 0 Å². The van der Waals surface area contributed by atoms with Gasteiger partial charge in [0.25, 0.3) is 0 Å². The number of likely N-dealkylation sites (tertiary alicyclic amines) is 1. The minimum Gasteiger partial charge on any atom is -0.299 e. The van der Waals surface area contributed by atoms with Gasteiger partial charge in [0.1, 0.15) is 0 Å². The molecule has 0 radical (unpaired) electrons. The van der Waals surface area contributed by atoms with Gasteiger partial charge in [0, 0.05) is 6.54 Å². The molecule has 0 N–H and O–H groups in total. The first kappa shape index (κ1) is 14.5. The topological polar surface area (TPSA) is 21.7 Å². The molecule has 0 unspecified atom stereocenters. The van der Waals surface area contributed by atoms with Crippen molar-refractivity contribution in [1.29, 1.82) is 0 Å². The van der Waals surface area contributed by atoms with Crippen molar-refractivity contribution in [2.24, 2.45) is 5.92 Å². The SMILES string of the molecule is CCOOCC1CCN(Cc2ccc(C)cc2)CC1. The van der Waals surface area contributed by atoms with Crippen LogP contribution in [0.25, 0.3) is 0 Å². The van der Waals surface area contributed by atoms with Crippen LogP contribution in [0.4, 0.5) is 0 Å². The largest absolute Gasteiger partial charge is 0.299 e. The number of aryl methyl sites for hydroxylation is 1. The van der Waals surface area contributed by atoms with E-state index in [-0.39, 0.29) is 0 Å². The highest BCUT2D eigenvalue weighted by Gasteiger charge is 2.19. The van der Waals surface area contributed by atoms with Crippen molar-refractivity contribution in [1.82, 2.24) is 4.90 Å². The molecule has 0 aromatic heterocycles. The highest BCUT2D eigenvalue weighted by molar-refractivity contribution is 5.21. The Labute approximate surface area is 116 Å². The molecule has 3 nitrogen and oxygen atoms in total. The van der Waals surface area contributed by atoms with E-state index in [0.717, 1.165) is 26.2 Å². The summed E-state index contributed by atoms with van der Waals surface area (Å²) in [5.41, 5.74) is 2.74. The molecular weight excluding hydrogens is 238 g/mol. The first-order valence-corrected chi connectivity index (χ1v) is 7.30. The Morgan fingerprint density at radius 1 is 1.11 bits per heavy atom. The van der Waals surface area contributed by atoms with Crippen molar-refractivity contribution in [2.75, 3.05) is 26.3 Å². The Bertz CT molecular complexity index is 356. The number of piperidine rings is 1. The summed E-state index contributed by atoms with van der Waals surface area (Å²) in [6, 6.07) is 8.86. The van der Waals surface area contributed by atoms with Crippen LogP contribution >= 0.6 is 0 Å². The van der Waals surface area contributed by atoms with Crippen LogP contribution in [0.5, 0.6) is 0 Å². The van der Waals surface area contributed by atoms with Gasteiger partial charge in [-0.3, -0.25) is 4.90 Å². The summed E-state index contributed by atoms with van der Waals surface area (Å²) in [4.78, 5) is 12.7. The number of hydrogen-bond acceptors (Lipinski definition) is 3. The second-order valence-electron chi connectivity index (χ2n) is 5.40. The first-order chi connectivity index (χ1) is 9.28. The molecular formula is C16H25NO2. The van der Waals surface area contributed by atoms with Gasteiger partial charge in [0.05, 0.1) is 13.2 Å². The molecule has 2 rings (SSSR count). The molecule has 1 aromatic rings. The molecule has 0 amide bonds. The highest BCUT2D eigenvalue weighted by atomic mass is 17.2. The molecule has 0 spiro atoms. The minimum atomic E-state index is 0.631. The summed E-state index contributed by atoms with van der Waals surface area (Å²) in [5.74, 6) is 0.654. The van der Waals surface area contributed by atoms with Crippen LogP contribution < -0.4 is 0 Å². The molecule has 1 aliphatic rings. The fraction of sp³-hybridized carbons (Fsp3) is 0.625. The van der Waals surface area contributed by atoms with Gasteiger partial charge in [-0.2, -0.15) is 0 Å². The van der Waals surface area contributed by atoms with Gasteiger partial charge in [0.15, 0.2) is 0 Å². The molecule has 0 aliphatic carbocycles. The van der Waals surface area contributed by atoms with Gasteiger partial charge >= 0.3 is 0 Å². The van der Waals surface area contributed by atoms with Crippen LogP contribution in [-0.4, -0.2) is 31.2 Å². The van der Waals surface area contributed by atoms with Crippen LogP contribution in [0.3, 0.4) is 0 Å². The van der Waals surface area contributed by atoms with Crippen LogP contribution in [0.15, 0.2) is 24.3 Å². The van der Waals surface area contributed by atoms with Crippen molar-refractivity contribution in [2.45, 2.75) is 33.2 Å². The van der Waals surface area contributed by atoms with Gasteiger partial charge in [-0.15, -0.1) is 0 Å². The van der Waals surface area contributed by atoms with Crippen molar-refractivity contribution in [3.8, 4) is 0 Å². The highest BCUT2D eigenvalue weighted by Crippen LogP contribution is 2.19. The van der Waals surface area contributed by atoms with Gasteiger partial charge in [-0.05, 0) is 51.3 Å². The summed E-state index contributed by atoms with van der Waals surface area (Å²) >= 11 is 0. The lowest BCUT2D eigenvalue weighted by Crippen LogP contribution is -2.34. The summed E-state index contributed by atoms with van der Waals surface area (Å²) in [5, 5.41) is 0. The maximum atomic E-state index is 5.17. The monoisotopic (exact) mass is 263 g/mol. The lowest BCUT2D eigenvalue weighted by Gasteiger charge is -2.31. The first-order valence-electron chi connectivity index (χ1n) is 7.30. The number of benzene rings is 1. The van der Waals surface area contributed by atoms with E-state index in [1.807, 2.05) is 6.92 Å². The molecule has 0 bridgehead atoms. The van der Waals surface area contributed by atoms with Crippen molar-refractivity contribution in [3.05, 3.63) is 35.4 Å².